The molecular formula is C13H19N3O4. The van der Waals surface area contributed by atoms with Crippen LogP contribution in [0.4, 0.5) is 10.5 Å². The quantitative estimate of drug-likeness (QED) is 0.521. The van der Waals surface area contributed by atoms with E-state index in [1.54, 1.807) is 12.1 Å². The zero-order valence-electron chi connectivity index (χ0n) is 11.3. The smallest absolute Gasteiger partial charge is 0.315 e. The Kier molecular flexibility index (Phi) is 6.45. The lowest BCUT2D eigenvalue weighted by Crippen LogP contribution is -2.39. The summed E-state index contributed by atoms with van der Waals surface area (Å²) in [4.78, 5) is 21.6. The maximum atomic E-state index is 11.5. The predicted molar refractivity (Wildman–Crippen MR) is 74.2 cm³/mol. The Hall–Kier alpha value is -2.15. The van der Waals surface area contributed by atoms with Gasteiger partial charge in [-0.3, -0.25) is 10.1 Å². The van der Waals surface area contributed by atoms with Gasteiger partial charge in [0, 0.05) is 25.2 Å². The molecular weight excluding hydrogens is 262 g/mol. The lowest BCUT2D eigenvalue weighted by Gasteiger charge is -2.11. The number of aliphatic hydroxyl groups excluding tert-OH is 1. The fraction of sp³-hybridized carbons (Fsp3) is 0.462. The highest BCUT2D eigenvalue weighted by molar-refractivity contribution is 5.73. The van der Waals surface area contributed by atoms with Gasteiger partial charge in [0.05, 0.1) is 11.0 Å². The van der Waals surface area contributed by atoms with Crippen LogP contribution >= 0.6 is 0 Å². The molecule has 1 atom stereocenters. The number of carbonyl (C=O) groups is 1. The highest BCUT2D eigenvalue weighted by Crippen LogP contribution is 2.12. The largest absolute Gasteiger partial charge is 0.391 e. The Morgan fingerprint density at radius 1 is 1.45 bits per heavy atom. The number of aliphatic hydroxyl groups is 1. The van der Waals surface area contributed by atoms with Crippen molar-refractivity contribution in [2.45, 2.75) is 32.4 Å². The van der Waals surface area contributed by atoms with Gasteiger partial charge in [-0.15, -0.1) is 0 Å². The molecule has 0 radical (unpaired) electrons. The average molecular weight is 281 g/mol. The van der Waals surface area contributed by atoms with Gasteiger partial charge in [0.15, 0.2) is 0 Å². The van der Waals surface area contributed by atoms with Crippen LogP contribution in [0.15, 0.2) is 24.3 Å². The van der Waals surface area contributed by atoms with Crippen molar-refractivity contribution in [3.8, 4) is 0 Å². The third-order valence-electron chi connectivity index (χ3n) is 2.69. The summed E-state index contributed by atoms with van der Waals surface area (Å²) in [6.07, 6.45) is 0.923. The van der Waals surface area contributed by atoms with Crippen molar-refractivity contribution < 1.29 is 14.8 Å². The van der Waals surface area contributed by atoms with Crippen LogP contribution in [0.25, 0.3) is 0 Å². The van der Waals surface area contributed by atoms with Crippen LogP contribution in [0, 0.1) is 10.1 Å². The van der Waals surface area contributed by atoms with E-state index in [4.69, 9.17) is 0 Å². The first-order valence-corrected chi connectivity index (χ1v) is 6.46. The summed E-state index contributed by atoms with van der Waals surface area (Å²) in [6, 6.07) is 5.65. The summed E-state index contributed by atoms with van der Waals surface area (Å²) >= 11 is 0. The Labute approximate surface area is 117 Å². The summed E-state index contributed by atoms with van der Waals surface area (Å²) in [5.74, 6) is 0. The summed E-state index contributed by atoms with van der Waals surface area (Å²) < 4.78 is 0. The number of hydrogen-bond acceptors (Lipinski definition) is 4. The third-order valence-corrected chi connectivity index (χ3v) is 2.69. The maximum Gasteiger partial charge on any atom is 0.315 e. The standard InChI is InChI=1S/C13H19N3O4/c1-2-4-12(17)9-15-13(18)14-8-10-5-3-6-11(7-10)16(19)20/h3,5-7,12,17H,2,4,8-9H2,1H3,(H2,14,15,18). The molecule has 0 spiro atoms. The van der Waals surface area contributed by atoms with Gasteiger partial charge in [0.25, 0.3) is 5.69 Å². The lowest BCUT2D eigenvalue weighted by atomic mass is 10.2. The fourth-order valence-corrected chi connectivity index (χ4v) is 1.67. The van der Waals surface area contributed by atoms with Gasteiger partial charge in [-0.1, -0.05) is 25.5 Å². The second-order valence-electron chi connectivity index (χ2n) is 4.43. The van der Waals surface area contributed by atoms with Crippen LogP contribution < -0.4 is 10.6 Å². The second kappa shape index (κ2) is 8.11. The number of nitrogens with one attached hydrogen (secondary N) is 2. The van der Waals surface area contributed by atoms with Crippen LogP contribution in [-0.4, -0.2) is 28.7 Å². The second-order valence-corrected chi connectivity index (χ2v) is 4.43. The van der Waals surface area contributed by atoms with E-state index in [1.807, 2.05) is 6.92 Å². The number of hydrogen-bond donors (Lipinski definition) is 3. The van der Waals surface area contributed by atoms with Gasteiger partial charge in [0.2, 0.25) is 0 Å². The molecule has 0 aliphatic heterocycles. The van der Waals surface area contributed by atoms with Gasteiger partial charge in [-0.2, -0.15) is 0 Å². The van der Waals surface area contributed by atoms with E-state index in [0.717, 1.165) is 6.42 Å². The van der Waals surface area contributed by atoms with Crippen LogP contribution in [0.3, 0.4) is 0 Å². The molecule has 0 aromatic heterocycles. The first-order valence-electron chi connectivity index (χ1n) is 6.46. The van der Waals surface area contributed by atoms with Gasteiger partial charge >= 0.3 is 6.03 Å². The summed E-state index contributed by atoms with van der Waals surface area (Å²) in [5, 5.41) is 25.2. The van der Waals surface area contributed by atoms with Crippen molar-refractivity contribution in [3.63, 3.8) is 0 Å². The molecule has 110 valence electrons. The number of urea groups is 1. The van der Waals surface area contributed by atoms with E-state index in [1.165, 1.54) is 12.1 Å². The summed E-state index contributed by atoms with van der Waals surface area (Å²) in [6.45, 7) is 2.33. The van der Waals surface area contributed by atoms with Crippen molar-refractivity contribution in [1.82, 2.24) is 10.6 Å². The molecule has 7 heteroatoms. The van der Waals surface area contributed by atoms with Crippen LogP contribution in [0.5, 0.6) is 0 Å². The number of nitrogens with zero attached hydrogens (tertiary/aromatic N) is 1. The zero-order valence-corrected chi connectivity index (χ0v) is 11.3. The van der Waals surface area contributed by atoms with E-state index in [0.29, 0.717) is 12.0 Å². The van der Waals surface area contributed by atoms with Crippen molar-refractivity contribution in [2.24, 2.45) is 0 Å². The molecule has 0 saturated carbocycles. The van der Waals surface area contributed by atoms with Gasteiger partial charge in [0.1, 0.15) is 0 Å². The molecule has 1 unspecified atom stereocenters. The van der Waals surface area contributed by atoms with Crippen LogP contribution in [-0.2, 0) is 6.54 Å². The summed E-state index contributed by atoms with van der Waals surface area (Å²) in [5.41, 5.74) is 0.631. The van der Waals surface area contributed by atoms with Crippen molar-refractivity contribution in [2.75, 3.05) is 6.54 Å². The number of nitro groups is 1. The minimum absolute atomic E-state index is 0.0110. The lowest BCUT2D eigenvalue weighted by molar-refractivity contribution is -0.384. The average Bonchev–Trinajstić information content (AvgIpc) is 2.43. The first-order chi connectivity index (χ1) is 9.52. The highest BCUT2D eigenvalue weighted by atomic mass is 16.6. The molecule has 0 bridgehead atoms. The number of nitro benzene ring substituents is 1. The molecule has 20 heavy (non-hydrogen) atoms. The Morgan fingerprint density at radius 3 is 2.85 bits per heavy atom. The normalized spacial score (nSPS) is 11.7. The van der Waals surface area contributed by atoms with E-state index < -0.39 is 17.1 Å². The molecule has 1 aromatic carbocycles. The SMILES string of the molecule is CCCC(O)CNC(=O)NCc1cccc([N+](=O)[O-])c1. The molecule has 7 nitrogen and oxygen atoms in total. The summed E-state index contributed by atoms with van der Waals surface area (Å²) in [7, 11) is 0. The van der Waals surface area contributed by atoms with Crippen molar-refractivity contribution in [1.29, 1.82) is 0 Å². The topological polar surface area (TPSA) is 104 Å². The Bertz CT molecular complexity index is 465. The Morgan fingerprint density at radius 2 is 2.20 bits per heavy atom. The van der Waals surface area contributed by atoms with Gasteiger partial charge in [-0.25, -0.2) is 4.79 Å². The van der Waals surface area contributed by atoms with Crippen molar-refractivity contribution in [3.05, 3.63) is 39.9 Å². The Balaban J connectivity index is 2.37. The van der Waals surface area contributed by atoms with E-state index in [9.17, 15) is 20.0 Å². The molecule has 1 rings (SSSR count). The number of rotatable bonds is 7. The number of amides is 2. The molecule has 0 fully saturated rings. The monoisotopic (exact) mass is 281 g/mol. The van der Waals surface area contributed by atoms with Gasteiger partial charge in [-0.05, 0) is 12.0 Å². The molecule has 3 N–H and O–H groups in total. The van der Waals surface area contributed by atoms with Crippen molar-refractivity contribution >= 4 is 11.7 Å². The first kappa shape index (κ1) is 15.9. The predicted octanol–water partition coefficient (Wildman–Crippen LogP) is 1.55. The fourth-order valence-electron chi connectivity index (χ4n) is 1.67. The number of non-ortho nitro benzene ring substituents is 1. The molecule has 0 aliphatic rings. The van der Waals surface area contributed by atoms with E-state index >= 15 is 0 Å². The van der Waals surface area contributed by atoms with E-state index in [-0.39, 0.29) is 18.8 Å². The molecule has 0 heterocycles. The number of benzene rings is 1. The zero-order chi connectivity index (χ0) is 15.0. The maximum absolute atomic E-state index is 11.5. The highest BCUT2D eigenvalue weighted by Gasteiger charge is 2.08. The minimum Gasteiger partial charge on any atom is -0.391 e. The molecule has 2 amide bonds. The third kappa shape index (κ3) is 5.66. The van der Waals surface area contributed by atoms with E-state index in [2.05, 4.69) is 10.6 Å². The molecule has 0 aliphatic carbocycles. The van der Waals surface area contributed by atoms with Crippen LogP contribution in [0.2, 0.25) is 0 Å². The number of carbonyl (C=O) groups excluding carboxylic acids is 1. The molecule has 0 saturated heterocycles. The van der Waals surface area contributed by atoms with Crippen LogP contribution in [0.1, 0.15) is 25.3 Å². The molecule has 1 aromatic rings. The van der Waals surface area contributed by atoms with Gasteiger partial charge < -0.3 is 15.7 Å². The minimum atomic E-state index is -0.552.